The van der Waals surface area contributed by atoms with Crippen molar-refractivity contribution in [3.05, 3.63) is 33.8 Å². The zero-order chi connectivity index (χ0) is 13.5. The molecule has 0 saturated carbocycles. The number of rotatable bonds is 7. The van der Waals surface area contributed by atoms with Crippen molar-refractivity contribution in [2.45, 2.75) is 45.6 Å². The number of nitrogens with one attached hydrogen (secondary N) is 1. The van der Waals surface area contributed by atoms with Crippen molar-refractivity contribution >= 4 is 23.2 Å². The van der Waals surface area contributed by atoms with E-state index >= 15 is 0 Å². The lowest BCUT2D eigenvalue weighted by Gasteiger charge is -2.18. The molecule has 1 N–H and O–H groups in total. The Kier molecular flexibility index (Phi) is 7.06. The highest BCUT2D eigenvalue weighted by atomic mass is 35.5. The van der Waals surface area contributed by atoms with Gasteiger partial charge < -0.3 is 5.32 Å². The van der Waals surface area contributed by atoms with Crippen LogP contribution < -0.4 is 5.32 Å². The van der Waals surface area contributed by atoms with Crippen LogP contribution in [0, 0.1) is 5.92 Å². The molecule has 0 aliphatic rings. The van der Waals surface area contributed by atoms with E-state index in [1.54, 1.807) is 0 Å². The molecule has 18 heavy (non-hydrogen) atoms. The number of halogens is 2. The Hall–Kier alpha value is -0.240. The summed E-state index contributed by atoms with van der Waals surface area (Å²) in [5, 5.41) is 4.90. The third-order valence-corrected chi connectivity index (χ3v) is 3.96. The summed E-state index contributed by atoms with van der Waals surface area (Å²) in [5.74, 6) is 0.770. The summed E-state index contributed by atoms with van der Waals surface area (Å²) in [7, 11) is 2.00. The fraction of sp³-hybridized carbons (Fsp3) is 0.600. The maximum Gasteiger partial charge on any atom is 0.0453 e. The van der Waals surface area contributed by atoms with E-state index in [9.17, 15) is 0 Å². The Morgan fingerprint density at radius 1 is 1.11 bits per heavy atom. The molecule has 1 aromatic rings. The van der Waals surface area contributed by atoms with E-state index in [1.165, 1.54) is 12.8 Å². The van der Waals surface area contributed by atoms with Gasteiger partial charge in [-0.3, -0.25) is 0 Å². The van der Waals surface area contributed by atoms with Crippen molar-refractivity contribution in [1.29, 1.82) is 0 Å². The monoisotopic (exact) mass is 287 g/mol. The van der Waals surface area contributed by atoms with Crippen LogP contribution in [0.5, 0.6) is 0 Å². The van der Waals surface area contributed by atoms with Gasteiger partial charge in [-0.2, -0.15) is 0 Å². The number of benzene rings is 1. The van der Waals surface area contributed by atoms with Crippen LogP contribution in [0.1, 0.15) is 38.7 Å². The summed E-state index contributed by atoms with van der Waals surface area (Å²) in [5.41, 5.74) is 1.06. The average molecular weight is 288 g/mol. The van der Waals surface area contributed by atoms with E-state index in [0.717, 1.165) is 34.4 Å². The molecule has 0 bridgehead atoms. The largest absolute Gasteiger partial charge is 0.317 e. The lowest BCUT2D eigenvalue weighted by atomic mass is 9.98. The molecule has 0 aliphatic heterocycles. The predicted molar refractivity (Wildman–Crippen MR) is 81.7 cm³/mol. The van der Waals surface area contributed by atoms with Crippen LogP contribution in [0.2, 0.25) is 10.0 Å². The predicted octanol–water partition coefficient (Wildman–Crippen LogP) is 4.95. The normalized spacial score (nSPS) is 13.0. The molecule has 0 fully saturated rings. The molecule has 0 saturated heterocycles. The van der Waals surface area contributed by atoms with Gasteiger partial charge in [0.15, 0.2) is 0 Å². The van der Waals surface area contributed by atoms with Gasteiger partial charge in [0, 0.05) is 16.1 Å². The van der Waals surface area contributed by atoms with Gasteiger partial charge in [-0.25, -0.2) is 0 Å². The first-order chi connectivity index (χ1) is 8.54. The van der Waals surface area contributed by atoms with Crippen molar-refractivity contribution < 1.29 is 0 Å². The first-order valence-electron chi connectivity index (χ1n) is 6.64. The Balaban J connectivity index is 2.57. The highest BCUT2D eigenvalue weighted by molar-refractivity contribution is 6.35. The third-order valence-electron chi connectivity index (χ3n) is 3.25. The van der Waals surface area contributed by atoms with Crippen LogP contribution in [0.25, 0.3) is 0 Å². The fourth-order valence-electron chi connectivity index (χ4n) is 2.09. The highest BCUT2D eigenvalue weighted by Gasteiger charge is 2.12. The highest BCUT2D eigenvalue weighted by Crippen LogP contribution is 2.26. The van der Waals surface area contributed by atoms with Gasteiger partial charge >= 0.3 is 0 Å². The molecule has 1 aromatic carbocycles. The van der Waals surface area contributed by atoms with Gasteiger partial charge in [-0.15, -0.1) is 0 Å². The molecular formula is C15H23Cl2N. The Labute approximate surface area is 121 Å². The summed E-state index contributed by atoms with van der Waals surface area (Å²) < 4.78 is 0. The molecular weight excluding hydrogens is 265 g/mol. The van der Waals surface area contributed by atoms with Gasteiger partial charge in [-0.1, -0.05) is 56.0 Å². The third kappa shape index (κ3) is 5.17. The van der Waals surface area contributed by atoms with Gasteiger partial charge in [0.1, 0.15) is 0 Å². The zero-order valence-corrected chi connectivity index (χ0v) is 13.0. The molecule has 1 atom stereocenters. The molecule has 3 heteroatoms. The van der Waals surface area contributed by atoms with Crippen molar-refractivity contribution in [3.8, 4) is 0 Å². The van der Waals surface area contributed by atoms with Crippen LogP contribution in [0.15, 0.2) is 18.2 Å². The summed E-state index contributed by atoms with van der Waals surface area (Å²) >= 11 is 12.4. The number of hydrogen-bond acceptors (Lipinski definition) is 1. The summed E-state index contributed by atoms with van der Waals surface area (Å²) in [6.07, 6.45) is 4.57. The fourth-order valence-corrected chi connectivity index (χ4v) is 2.65. The second kappa shape index (κ2) is 8.04. The van der Waals surface area contributed by atoms with Crippen LogP contribution in [0.3, 0.4) is 0 Å². The summed E-state index contributed by atoms with van der Waals surface area (Å²) in [6, 6.07) is 6.15. The minimum Gasteiger partial charge on any atom is -0.317 e. The van der Waals surface area contributed by atoms with Crippen molar-refractivity contribution in [2.75, 3.05) is 7.05 Å². The van der Waals surface area contributed by atoms with Crippen molar-refractivity contribution in [2.24, 2.45) is 5.92 Å². The standard InChI is InChI=1S/C15H23Cl2N/c1-11(2)6-4-7-12(18-3)10-13-14(16)8-5-9-15(13)17/h5,8-9,11-12,18H,4,6-7,10H2,1-3H3. The first-order valence-corrected chi connectivity index (χ1v) is 7.40. The van der Waals surface area contributed by atoms with E-state index in [4.69, 9.17) is 23.2 Å². The minimum atomic E-state index is 0.446. The lowest BCUT2D eigenvalue weighted by molar-refractivity contribution is 0.457. The summed E-state index contributed by atoms with van der Waals surface area (Å²) in [4.78, 5) is 0. The Morgan fingerprint density at radius 2 is 1.72 bits per heavy atom. The van der Waals surface area contributed by atoms with E-state index in [1.807, 2.05) is 25.2 Å². The minimum absolute atomic E-state index is 0.446. The van der Waals surface area contributed by atoms with Crippen LogP contribution in [-0.4, -0.2) is 13.1 Å². The van der Waals surface area contributed by atoms with Crippen molar-refractivity contribution in [1.82, 2.24) is 5.32 Å². The van der Waals surface area contributed by atoms with Crippen LogP contribution in [0.4, 0.5) is 0 Å². The van der Waals surface area contributed by atoms with Crippen molar-refractivity contribution in [3.63, 3.8) is 0 Å². The average Bonchev–Trinajstić information content (AvgIpc) is 2.31. The second-order valence-electron chi connectivity index (χ2n) is 5.21. The Bertz CT molecular complexity index is 343. The molecule has 1 unspecified atom stereocenters. The zero-order valence-electron chi connectivity index (χ0n) is 11.5. The summed E-state index contributed by atoms with van der Waals surface area (Å²) in [6.45, 7) is 4.53. The first kappa shape index (κ1) is 15.8. The maximum absolute atomic E-state index is 6.20. The number of likely N-dealkylation sites (N-methyl/N-ethyl adjacent to an activating group) is 1. The molecule has 0 amide bonds. The smallest absolute Gasteiger partial charge is 0.0453 e. The topological polar surface area (TPSA) is 12.0 Å². The molecule has 0 spiro atoms. The van der Waals surface area contributed by atoms with Crippen LogP contribution in [-0.2, 0) is 6.42 Å². The Morgan fingerprint density at radius 3 is 2.22 bits per heavy atom. The molecule has 1 rings (SSSR count). The van der Waals surface area contributed by atoms with Gasteiger partial charge in [-0.05, 0) is 43.5 Å². The SMILES string of the molecule is CNC(CCCC(C)C)Cc1c(Cl)cccc1Cl. The molecule has 0 radical (unpaired) electrons. The second-order valence-corrected chi connectivity index (χ2v) is 6.03. The van der Waals surface area contributed by atoms with E-state index in [-0.39, 0.29) is 0 Å². The molecule has 0 aliphatic carbocycles. The van der Waals surface area contributed by atoms with Gasteiger partial charge in [0.25, 0.3) is 0 Å². The van der Waals surface area contributed by atoms with E-state index in [0.29, 0.717) is 6.04 Å². The molecule has 102 valence electrons. The number of hydrogen-bond donors (Lipinski definition) is 1. The maximum atomic E-state index is 6.20. The quantitative estimate of drug-likeness (QED) is 0.748. The van der Waals surface area contributed by atoms with E-state index in [2.05, 4.69) is 19.2 Å². The molecule has 1 nitrogen and oxygen atoms in total. The lowest BCUT2D eigenvalue weighted by Crippen LogP contribution is -2.27. The molecule has 0 aromatic heterocycles. The van der Waals surface area contributed by atoms with E-state index < -0.39 is 0 Å². The van der Waals surface area contributed by atoms with Crippen LogP contribution >= 0.6 is 23.2 Å². The van der Waals surface area contributed by atoms with Gasteiger partial charge in [0.05, 0.1) is 0 Å². The van der Waals surface area contributed by atoms with Gasteiger partial charge in [0.2, 0.25) is 0 Å². The molecule has 0 heterocycles.